The summed E-state index contributed by atoms with van der Waals surface area (Å²) in [6.07, 6.45) is 4.42. The van der Waals surface area contributed by atoms with Gasteiger partial charge < -0.3 is 14.5 Å². The van der Waals surface area contributed by atoms with Gasteiger partial charge in [-0.3, -0.25) is 9.59 Å². The number of rotatable bonds is 6. The van der Waals surface area contributed by atoms with Gasteiger partial charge in [0.2, 0.25) is 5.91 Å². The van der Waals surface area contributed by atoms with Crippen molar-refractivity contribution in [3.63, 3.8) is 0 Å². The highest BCUT2D eigenvalue weighted by Crippen LogP contribution is 2.21. The minimum Gasteiger partial charge on any atom is -0.493 e. The zero-order valence-electron chi connectivity index (χ0n) is 17.8. The largest absolute Gasteiger partial charge is 0.493 e. The molecule has 1 atom stereocenters. The number of carbonyl (C=O) groups excluding carboxylic acids is 2. The predicted octanol–water partition coefficient (Wildman–Crippen LogP) is 3.92. The molecule has 4 rings (SSSR count). The topological polar surface area (TPSA) is 49.9 Å². The van der Waals surface area contributed by atoms with Crippen LogP contribution in [0.25, 0.3) is 0 Å². The minimum atomic E-state index is -0.292. The SMILES string of the molecule is O=C(Cc1ccc(F)cc1)N1CCCC(COc2ccc(C(=O)N3CCCC3)cc2)C1. The van der Waals surface area contributed by atoms with Crippen LogP contribution in [0.4, 0.5) is 4.39 Å². The molecule has 0 bridgehead atoms. The molecule has 0 aliphatic carbocycles. The van der Waals surface area contributed by atoms with Crippen molar-refractivity contribution in [1.82, 2.24) is 9.80 Å². The maximum absolute atomic E-state index is 13.1. The number of nitrogens with zero attached hydrogens (tertiary/aromatic N) is 2. The summed E-state index contributed by atoms with van der Waals surface area (Å²) in [5.74, 6) is 0.886. The van der Waals surface area contributed by atoms with Crippen LogP contribution in [0, 0.1) is 11.7 Å². The quantitative estimate of drug-likeness (QED) is 0.706. The molecule has 5 nitrogen and oxygen atoms in total. The van der Waals surface area contributed by atoms with E-state index in [0.29, 0.717) is 25.1 Å². The molecule has 6 heteroatoms. The molecule has 2 aromatic rings. The van der Waals surface area contributed by atoms with Crippen molar-refractivity contribution < 1.29 is 18.7 Å². The maximum atomic E-state index is 13.1. The molecule has 0 spiro atoms. The number of hydrogen-bond acceptors (Lipinski definition) is 3. The highest BCUT2D eigenvalue weighted by Gasteiger charge is 2.24. The van der Waals surface area contributed by atoms with Crippen LogP contribution in [-0.4, -0.2) is 54.4 Å². The Bertz CT molecular complexity index is 892. The smallest absolute Gasteiger partial charge is 0.253 e. The van der Waals surface area contributed by atoms with Gasteiger partial charge in [-0.05, 0) is 67.6 Å². The fraction of sp³-hybridized carbons (Fsp3) is 0.440. The molecule has 2 aliphatic heterocycles. The third-order valence-corrected chi connectivity index (χ3v) is 6.12. The van der Waals surface area contributed by atoms with Gasteiger partial charge in [0.1, 0.15) is 11.6 Å². The summed E-state index contributed by atoms with van der Waals surface area (Å²) in [4.78, 5) is 28.9. The fourth-order valence-electron chi connectivity index (χ4n) is 4.33. The molecule has 0 aromatic heterocycles. The van der Waals surface area contributed by atoms with Gasteiger partial charge in [0.15, 0.2) is 0 Å². The third-order valence-electron chi connectivity index (χ3n) is 6.12. The Hall–Kier alpha value is -2.89. The van der Waals surface area contributed by atoms with Crippen LogP contribution in [0.3, 0.4) is 0 Å². The van der Waals surface area contributed by atoms with Gasteiger partial charge in [0, 0.05) is 37.7 Å². The van der Waals surface area contributed by atoms with Crippen LogP contribution in [0.5, 0.6) is 5.75 Å². The normalized spacial score (nSPS) is 18.8. The van der Waals surface area contributed by atoms with Gasteiger partial charge in [-0.25, -0.2) is 4.39 Å². The van der Waals surface area contributed by atoms with Gasteiger partial charge in [0.25, 0.3) is 5.91 Å². The van der Waals surface area contributed by atoms with Crippen molar-refractivity contribution in [2.45, 2.75) is 32.1 Å². The van der Waals surface area contributed by atoms with Gasteiger partial charge in [-0.15, -0.1) is 0 Å². The molecule has 164 valence electrons. The molecular formula is C25H29FN2O3. The Labute approximate surface area is 182 Å². The Kier molecular flexibility index (Phi) is 6.85. The number of likely N-dealkylation sites (tertiary alicyclic amines) is 2. The number of hydrogen-bond donors (Lipinski definition) is 0. The van der Waals surface area contributed by atoms with E-state index in [-0.39, 0.29) is 23.5 Å². The lowest BCUT2D eigenvalue weighted by Crippen LogP contribution is -2.42. The number of halogens is 1. The number of amides is 2. The summed E-state index contributed by atoms with van der Waals surface area (Å²) in [6.45, 7) is 3.65. The first-order chi connectivity index (χ1) is 15.1. The average Bonchev–Trinajstić information content (AvgIpc) is 3.34. The van der Waals surface area contributed by atoms with Crippen molar-refractivity contribution in [3.8, 4) is 5.75 Å². The molecule has 0 saturated carbocycles. The molecule has 0 N–H and O–H groups in total. The van der Waals surface area contributed by atoms with Crippen molar-refractivity contribution in [3.05, 3.63) is 65.5 Å². The van der Waals surface area contributed by atoms with Crippen LogP contribution in [0.15, 0.2) is 48.5 Å². The Balaban J connectivity index is 1.26. The lowest BCUT2D eigenvalue weighted by Gasteiger charge is -2.32. The summed E-state index contributed by atoms with van der Waals surface area (Å²) in [5, 5.41) is 0. The lowest BCUT2D eigenvalue weighted by molar-refractivity contribution is -0.132. The first-order valence-corrected chi connectivity index (χ1v) is 11.1. The monoisotopic (exact) mass is 424 g/mol. The fourth-order valence-corrected chi connectivity index (χ4v) is 4.33. The molecule has 31 heavy (non-hydrogen) atoms. The number of ether oxygens (including phenoxy) is 1. The van der Waals surface area contributed by atoms with Crippen LogP contribution >= 0.6 is 0 Å². The first kappa shape index (κ1) is 21.3. The van der Waals surface area contributed by atoms with Gasteiger partial charge in [-0.2, -0.15) is 0 Å². The van der Waals surface area contributed by atoms with Gasteiger partial charge in [-0.1, -0.05) is 12.1 Å². The number of benzene rings is 2. The molecule has 2 aromatic carbocycles. The molecule has 2 saturated heterocycles. The molecular weight excluding hydrogens is 395 g/mol. The molecule has 2 amide bonds. The Morgan fingerprint density at radius 1 is 0.903 bits per heavy atom. The van der Waals surface area contributed by atoms with Crippen molar-refractivity contribution in [1.29, 1.82) is 0 Å². The summed E-state index contributed by atoms with van der Waals surface area (Å²) < 4.78 is 19.0. The Morgan fingerprint density at radius 2 is 1.58 bits per heavy atom. The van der Waals surface area contributed by atoms with Crippen molar-refractivity contribution >= 4 is 11.8 Å². The highest BCUT2D eigenvalue weighted by molar-refractivity contribution is 5.94. The van der Waals surface area contributed by atoms with Gasteiger partial charge in [0.05, 0.1) is 13.0 Å². The van der Waals surface area contributed by atoms with Crippen LogP contribution < -0.4 is 4.74 Å². The third kappa shape index (κ3) is 5.63. The summed E-state index contributed by atoms with van der Waals surface area (Å²) >= 11 is 0. The zero-order valence-corrected chi connectivity index (χ0v) is 17.8. The maximum Gasteiger partial charge on any atom is 0.253 e. The molecule has 1 unspecified atom stereocenters. The predicted molar refractivity (Wildman–Crippen MR) is 116 cm³/mol. The van der Waals surface area contributed by atoms with E-state index in [0.717, 1.165) is 56.6 Å². The molecule has 2 aliphatic rings. The summed E-state index contributed by atoms with van der Waals surface area (Å²) in [5.41, 5.74) is 1.53. The first-order valence-electron chi connectivity index (χ1n) is 11.1. The second-order valence-corrected chi connectivity index (χ2v) is 8.49. The van der Waals surface area contributed by atoms with Crippen molar-refractivity contribution in [2.75, 3.05) is 32.8 Å². The molecule has 2 fully saturated rings. The van der Waals surface area contributed by atoms with E-state index in [1.54, 1.807) is 12.1 Å². The van der Waals surface area contributed by atoms with Crippen LogP contribution in [0.2, 0.25) is 0 Å². The van der Waals surface area contributed by atoms with Crippen LogP contribution in [0.1, 0.15) is 41.6 Å². The number of carbonyl (C=O) groups is 2. The van der Waals surface area contributed by atoms with Crippen molar-refractivity contribution in [2.24, 2.45) is 5.92 Å². The lowest BCUT2D eigenvalue weighted by atomic mass is 9.98. The standard InChI is InChI=1S/C25H29FN2O3/c26-22-9-5-19(6-10-22)16-24(29)28-15-3-4-20(17-28)18-31-23-11-7-21(8-12-23)25(30)27-13-1-2-14-27/h5-12,20H,1-4,13-18H2. The average molecular weight is 425 g/mol. The van der Waals surface area contributed by atoms with Gasteiger partial charge >= 0.3 is 0 Å². The van der Waals surface area contributed by atoms with Crippen LogP contribution in [-0.2, 0) is 11.2 Å². The van der Waals surface area contributed by atoms with E-state index >= 15 is 0 Å². The second kappa shape index (κ2) is 9.94. The second-order valence-electron chi connectivity index (χ2n) is 8.49. The van der Waals surface area contributed by atoms with E-state index in [9.17, 15) is 14.0 Å². The van der Waals surface area contributed by atoms with E-state index in [4.69, 9.17) is 4.74 Å². The van der Waals surface area contributed by atoms with E-state index in [1.165, 1.54) is 12.1 Å². The van der Waals surface area contributed by atoms with E-state index < -0.39 is 0 Å². The molecule has 2 heterocycles. The summed E-state index contributed by atoms with van der Waals surface area (Å²) in [6, 6.07) is 13.5. The van der Waals surface area contributed by atoms with E-state index in [2.05, 4.69) is 0 Å². The van der Waals surface area contributed by atoms with E-state index in [1.807, 2.05) is 34.1 Å². The zero-order chi connectivity index (χ0) is 21.6. The Morgan fingerprint density at radius 3 is 2.29 bits per heavy atom. The minimum absolute atomic E-state index is 0.0705. The molecule has 0 radical (unpaired) electrons. The highest BCUT2D eigenvalue weighted by atomic mass is 19.1. The summed E-state index contributed by atoms with van der Waals surface area (Å²) in [7, 11) is 0. The number of piperidine rings is 1.